The van der Waals surface area contributed by atoms with Crippen molar-refractivity contribution in [3.8, 4) is 11.1 Å². The molecule has 0 radical (unpaired) electrons. The molecule has 15 heteroatoms. The zero-order valence-corrected chi connectivity index (χ0v) is 31.0. The van der Waals surface area contributed by atoms with Gasteiger partial charge in [-0.25, -0.2) is 8.42 Å². The normalized spacial score (nSPS) is 22.3. The number of hydrogen-bond donors (Lipinski definition) is 3. The standard InChI is InChI=1S/C35H50ClN7O6S/c1-22(2)17-28-34(46)42(4)30(19-24-18-26(36)14-15-27(24)25-20-39-43(21-25)50(5,48)49)32(44)38-16-10-8-6-7-9-11-29(33(45)40-28)41(3)35(47)31(37)23-12-13-23/h6-7,14-15,18,20-23,28-31H,8-13,16-17,19,37H2,1-5H3,(H,38,44)(H,40,45)/t28-,29-,30-,31-/m0/s1. The Labute approximate surface area is 300 Å². The Kier molecular flexibility index (Phi) is 13.3. The van der Waals surface area contributed by atoms with E-state index in [4.69, 9.17) is 17.3 Å². The van der Waals surface area contributed by atoms with Crippen molar-refractivity contribution in [2.24, 2.45) is 17.6 Å². The average molecular weight is 732 g/mol. The number of carbonyl (C=O) groups excluding carboxylic acids is 4. The molecule has 1 fully saturated rings. The summed E-state index contributed by atoms with van der Waals surface area (Å²) >= 11 is 6.42. The Morgan fingerprint density at radius 1 is 1.12 bits per heavy atom. The van der Waals surface area contributed by atoms with Gasteiger partial charge in [0.2, 0.25) is 23.6 Å². The quantitative estimate of drug-likeness (QED) is 0.330. The number of aromatic nitrogens is 2. The molecule has 50 heavy (non-hydrogen) atoms. The highest BCUT2D eigenvalue weighted by molar-refractivity contribution is 7.89. The molecular weight excluding hydrogens is 682 g/mol. The van der Waals surface area contributed by atoms with E-state index in [1.54, 1.807) is 25.2 Å². The molecule has 1 saturated carbocycles. The van der Waals surface area contributed by atoms with Gasteiger partial charge in [0.05, 0.1) is 24.7 Å². The summed E-state index contributed by atoms with van der Waals surface area (Å²) in [5.41, 5.74) is 7.93. The van der Waals surface area contributed by atoms with Gasteiger partial charge in [-0.15, -0.1) is 0 Å². The van der Waals surface area contributed by atoms with E-state index >= 15 is 0 Å². The van der Waals surface area contributed by atoms with Gasteiger partial charge in [-0.1, -0.05) is 43.7 Å². The van der Waals surface area contributed by atoms with Crippen molar-refractivity contribution in [3.63, 3.8) is 0 Å². The molecule has 4 amide bonds. The highest BCUT2D eigenvalue weighted by Crippen LogP contribution is 2.33. The van der Waals surface area contributed by atoms with E-state index < -0.39 is 46.0 Å². The van der Waals surface area contributed by atoms with Crippen molar-refractivity contribution >= 4 is 45.3 Å². The highest BCUT2D eigenvalue weighted by atomic mass is 35.5. The molecule has 0 unspecified atom stereocenters. The lowest BCUT2D eigenvalue weighted by molar-refractivity contribution is -0.144. The van der Waals surface area contributed by atoms with Crippen molar-refractivity contribution in [2.45, 2.75) is 89.4 Å². The van der Waals surface area contributed by atoms with Crippen LogP contribution in [0.5, 0.6) is 0 Å². The first-order valence-corrected chi connectivity index (χ1v) is 19.4. The molecule has 4 atom stereocenters. The number of hydrogen-bond acceptors (Lipinski definition) is 8. The van der Waals surface area contributed by atoms with Crippen molar-refractivity contribution < 1.29 is 27.6 Å². The molecular formula is C35H50ClN7O6S. The van der Waals surface area contributed by atoms with E-state index in [1.807, 2.05) is 26.0 Å². The number of nitrogens with two attached hydrogens (primary N) is 1. The van der Waals surface area contributed by atoms with Crippen LogP contribution < -0.4 is 16.4 Å². The molecule has 13 nitrogen and oxygen atoms in total. The molecule has 1 aromatic carbocycles. The van der Waals surface area contributed by atoms with Crippen LogP contribution in [0.2, 0.25) is 5.02 Å². The number of nitrogens with one attached hydrogen (secondary N) is 2. The molecule has 1 aliphatic heterocycles. The second kappa shape index (κ2) is 17.0. The van der Waals surface area contributed by atoms with Crippen molar-refractivity contribution in [1.82, 2.24) is 29.6 Å². The van der Waals surface area contributed by atoms with Gasteiger partial charge in [-0.05, 0) is 80.0 Å². The lowest BCUT2D eigenvalue weighted by atomic mass is 9.94. The lowest BCUT2D eigenvalue weighted by Crippen LogP contribution is -2.59. The predicted octanol–water partition coefficient (Wildman–Crippen LogP) is 2.72. The van der Waals surface area contributed by atoms with E-state index in [1.165, 1.54) is 29.2 Å². The third kappa shape index (κ3) is 10.2. The van der Waals surface area contributed by atoms with Gasteiger partial charge in [0.1, 0.15) is 18.1 Å². The molecule has 2 aliphatic rings. The summed E-state index contributed by atoms with van der Waals surface area (Å²) in [6, 6.07) is 1.53. The number of amides is 4. The molecule has 0 spiro atoms. The van der Waals surface area contributed by atoms with E-state index in [-0.39, 0.29) is 30.1 Å². The number of halogens is 1. The van der Waals surface area contributed by atoms with E-state index in [2.05, 4.69) is 15.7 Å². The maximum absolute atomic E-state index is 14.3. The van der Waals surface area contributed by atoms with E-state index in [0.29, 0.717) is 60.4 Å². The Morgan fingerprint density at radius 3 is 2.46 bits per heavy atom. The van der Waals surface area contributed by atoms with Gasteiger partial charge >= 0.3 is 0 Å². The topological polar surface area (TPSA) is 177 Å². The number of likely N-dealkylation sites (N-methyl/N-ethyl adjacent to an activating group) is 2. The Balaban J connectivity index is 1.69. The van der Waals surface area contributed by atoms with Crippen LogP contribution in [0.15, 0.2) is 42.7 Å². The Bertz CT molecular complexity index is 1690. The fraction of sp³-hybridized carbons (Fsp3) is 0.571. The van der Waals surface area contributed by atoms with Gasteiger partial charge in [0.25, 0.3) is 10.0 Å². The molecule has 1 aromatic heterocycles. The molecule has 2 heterocycles. The number of carbonyl (C=O) groups is 4. The van der Waals surface area contributed by atoms with Gasteiger partial charge in [-0.3, -0.25) is 19.2 Å². The monoisotopic (exact) mass is 731 g/mol. The first-order chi connectivity index (χ1) is 23.6. The van der Waals surface area contributed by atoms with Gasteiger partial charge < -0.3 is 26.2 Å². The van der Waals surface area contributed by atoms with Gasteiger partial charge in [0.15, 0.2) is 0 Å². The smallest absolute Gasteiger partial charge is 0.250 e. The summed E-state index contributed by atoms with van der Waals surface area (Å²) in [5, 5.41) is 10.3. The van der Waals surface area contributed by atoms with Crippen LogP contribution >= 0.6 is 11.6 Å². The second-order valence-corrected chi connectivity index (χ2v) is 16.1. The Hall–Kier alpha value is -3.75. The zero-order chi connectivity index (χ0) is 36.7. The average Bonchev–Trinajstić information content (AvgIpc) is 3.78. The molecule has 4 N–H and O–H groups in total. The molecule has 274 valence electrons. The fourth-order valence-corrected chi connectivity index (χ4v) is 6.92. The maximum atomic E-state index is 14.3. The largest absolute Gasteiger partial charge is 0.354 e. The zero-order valence-electron chi connectivity index (χ0n) is 29.5. The lowest BCUT2D eigenvalue weighted by Gasteiger charge is -2.34. The third-order valence-electron chi connectivity index (χ3n) is 9.28. The van der Waals surface area contributed by atoms with Crippen LogP contribution in [-0.2, 0) is 35.6 Å². The SMILES string of the molecule is CC(C)C[C@@H]1NC(=O)[C@@H](N(C)C(=O)[C@@H](N)C2CC2)CCC=CCCCNC(=O)[C@H](Cc2cc(Cl)ccc2-c2cnn(S(C)(=O)=O)c2)N(C)C1=O. The number of nitrogens with zero attached hydrogens (tertiary/aromatic N) is 4. The van der Waals surface area contributed by atoms with Crippen molar-refractivity contribution in [3.05, 3.63) is 53.3 Å². The Morgan fingerprint density at radius 2 is 1.82 bits per heavy atom. The highest BCUT2D eigenvalue weighted by Gasteiger charge is 2.39. The summed E-state index contributed by atoms with van der Waals surface area (Å²) < 4.78 is 25.1. The second-order valence-electron chi connectivity index (χ2n) is 13.8. The van der Waals surface area contributed by atoms with Crippen LogP contribution in [0.3, 0.4) is 0 Å². The third-order valence-corrected chi connectivity index (χ3v) is 10.4. The molecule has 0 bridgehead atoms. The van der Waals surface area contributed by atoms with Crippen LogP contribution in [0, 0.1) is 11.8 Å². The van der Waals surface area contributed by atoms with E-state index in [0.717, 1.165) is 23.2 Å². The number of rotatable bonds is 9. The number of benzene rings is 1. The first kappa shape index (κ1) is 39.0. The van der Waals surface area contributed by atoms with Crippen LogP contribution in [-0.4, -0.2) is 102 Å². The molecule has 4 rings (SSSR count). The van der Waals surface area contributed by atoms with Crippen LogP contribution in [0.25, 0.3) is 11.1 Å². The summed E-state index contributed by atoms with van der Waals surface area (Å²) in [6.07, 6.45) is 12.1. The minimum absolute atomic E-state index is 0.00506. The van der Waals surface area contributed by atoms with Crippen LogP contribution in [0.4, 0.5) is 0 Å². The molecule has 0 saturated heterocycles. The van der Waals surface area contributed by atoms with Crippen LogP contribution in [0.1, 0.15) is 64.4 Å². The minimum atomic E-state index is -3.64. The summed E-state index contributed by atoms with van der Waals surface area (Å²) in [5.74, 6) is -1.49. The minimum Gasteiger partial charge on any atom is -0.354 e. The predicted molar refractivity (Wildman–Crippen MR) is 192 cm³/mol. The summed E-state index contributed by atoms with van der Waals surface area (Å²) in [6.45, 7) is 4.24. The first-order valence-electron chi connectivity index (χ1n) is 17.1. The summed E-state index contributed by atoms with van der Waals surface area (Å²) in [7, 11) is -0.520. The molecule has 2 aromatic rings. The summed E-state index contributed by atoms with van der Waals surface area (Å²) in [4.78, 5) is 58.2. The van der Waals surface area contributed by atoms with Crippen molar-refractivity contribution in [2.75, 3.05) is 26.9 Å². The number of allylic oxidation sites excluding steroid dienone is 2. The molecule has 1 aliphatic carbocycles. The van der Waals surface area contributed by atoms with Gasteiger partial charge in [-0.2, -0.15) is 9.19 Å². The van der Waals surface area contributed by atoms with Gasteiger partial charge in [0, 0.05) is 37.6 Å². The van der Waals surface area contributed by atoms with E-state index in [9.17, 15) is 27.6 Å². The maximum Gasteiger partial charge on any atom is 0.250 e. The van der Waals surface area contributed by atoms with Crippen molar-refractivity contribution in [1.29, 1.82) is 0 Å². The fourth-order valence-electron chi connectivity index (χ4n) is 6.20.